The number of pyridine rings is 1. The molecular formula is C19H15NO. The Morgan fingerprint density at radius 1 is 0.952 bits per heavy atom. The van der Waals surface area contributed by atoms with Crippen LogP contribution in [0.3, 0.4) is 0 Å². The molecule has 0 N–H and O–H groups in total. The predicted molar refractivity (Wildman–Crippen MR) is 85.5 cm³/mol. The molecule has 0 amide bonds. The molecule has 0 atom stereocenters. The highest BCUT2D eigenvalue weighted by molar-refractivity contribution is 6.05. The number of hydrogen-bond donors (Lipinski definition) is 0. The first-order valence-electron chi connectivity index (χ1n) is 7.12. The summed E-state index contributed by atoms with van der Waals surface area (Å²) in [5.74, 6) is 0.979. The van der Waals surface area contributed by atoms with Crippen LogP contribution in [0.2, 0.25) is 0 Å². The molecule has 0 bridgehead atoms. The van der Waals surface area contributed by atoms with Gasteiger partial charge in [0.1, 0.15) is 5.76 Å². The standard InChI is InChI=1S/C19H15NO/c1-13-16(11-14-7-3-2-4-8-14)19-15-9-5-6-10-17(15)20-12-18(19)21-13/h2-10,12H,11H2,1H3. The summed E-state index contributed by atoms with van der Waals surface area (Å²) in [6.45, 7) is 2.03. The first-order chi connectivity index (χ1) is 10.3. The molecule has 0 aliphatic rings. The molecule has 2 aromatic carbocycles. The molecule has 0 aliphatic heterocycles. The molecule has 0 fully saturated rings. The van der Waals surface area contributed by atoms with Gasteiger partial charge in [0.15, 0.2) is 5.58 Å². The summed E-state index contributed by atoms with van der Waals surface area (Å²) >= 11 is 0. The number of benzene rings is 2. The Bertz CT molecular complexity index is 922. The highest BCUT2D eigenvalue weighted by Gasteiger charge is 2.14. The van der Waals surface area contributed by atoms with E-state index in [1.165, 1.54) is 16.5 Å². The zero-order chi connectivity index (χ0) is 14.2. The minimum atomic E-state index is 0.872. The Hall–Kier alpha value is -2.61. The van der Waals surface area contributed by atoms with Crippen LogP contribution >= 0.6 is 0 Å². The molecule has 21 heavy (non-hydrogen) atoms. The number of furan rings is 1. The van der Waals surface area contributed by atoms with Crippen molar-refractivity contribution in [1.82, 2.24) is 4.98 Å². The quantitative estimate of drug-likeness (QED) is 0.520. The molecule has 2 heterocycles. The summed E-state index contributed by atoms with van der Waals surface area (Å²) in [5.41, 5.74) is 4.44. The van der Waals surface area contributed by atoms with Crippen molar-refractivity contribution in [3.8, 4) is 0 Å². The number of aromatic nitrogens is 1. The van der Waals surface area contributed by atoms with E-state index < -0.39 is 0 Å². The third kappa shape index (κ3) is 2.00. The van der Waals surface area contributed by atoms with E-state index in [0.717, 1.165) is 28.7 Å². The highest BCUT2D eigenvalue weighted by atomic mass is 16.3. The van der Waals surface area contributed by atoms with Crippen molar-refractivity contribution in [3.63, 3.8) is 0 Å². The van der Waals surface area contributed by atoms with Gasteiger partial charge in [0.25, 0.3) is 0 Å². The number of nitrogens with zero attached hydrogens (tertiary/aromatic N) is 1. The van der Waals surface area contributed by atoms with Gasteiger partial charge >= 0.3 is 0 Å². The van der Waals surface area contributed by atoms with E-state index in [1.54, 1.807) is 0 Å². The van der Waals surface area contributed by atoms with Gasteiger partial charge in [-0.05, 0) is 18.6 Å². The monoisotopic (exact) mass is 273 g/mol. The van der Waals surface area contributed by atoms with Gasteiger partial charge in [-0.1, -0.05) is 48.5 Å². The van der Waals surface area contributed by atoms with E-state index in [1.807, 2.05) is 31.3 Å². The second-order valence-corrected chi connectivity index (χ2v) is 5.31. The lowest BCUT2D eigenvalue weighted by Gasteiger charge is -2.03. The maximum atomic E-state index is 5.92. The van der Waals surface area contributed by atoms with Gasteiger partial charge in [-0.15, -0.1) is 0 Å². The fourth-order valence-corrected chi connectivity index (χ4v) is 2.93. The zero-order valence-corrected chi connectivity index (χ0v) is 11.8. The average molecular weight is 273 g/mol. The minimum absolute atomic E-state index is 0.872. The molecule has 0 saturated carbocycles. The lowest BCUT2D eigenvalue weighted by atomic mass is 10.00. The molecule has 0 spiro atoms. The van der Waals surface area contributed by atoms with Gasteiger partial charge in [-0.2, -0.15) is 0 Å². The fraction of sp³-hybridized carbons (Fsp3) is 0.105. The minimum Gasteiger partial charge on any atom is -0.459 e. The predicted octanol–water partition coefficient (Wildman–Crippen LogP) is 4.88. The summed E-state index contributed by atoms with van der Waals surface area (Å²) < 4.78 is 5.92. The summed E-state index contributed by atoms with van der Waals surface area (Å²) in [5, 5.41) is 2.36. The van der Waals surface area contributed by atoms with Crippen molar-refractivity contribution in [3.05, 3.63) is 77.7 Å². The van der Waals surface area contributed by atoms with Crippen LogP contribution in [0.4, 0.5) is 0 Å². The Kier molecular flexibility index (Phi) is 2.74. The third-order valence-corrected chi connectivity index (χ3v) is 3.95. The van der Waals surface area contributed by atoms with Gasteiger partial charge in [-0.3, -0.25) is 4.98 Å². The van der Waals surface area contributed by atoms with Crippen LogP contribution in [0.25, 0.3) is 21.9 Å². The zero-order valence-electron chi connectivity index (χ0n) is 11.8. The Morgan fingerprint density at radius 2 is 1.71 bits per heavy atom. The fourth-order valence-electron chi connectivity index (χ4n) is 2.93. The van der Waals surface area contributed by atoms with Crippen LogP contribution in [-0.4, -0.2) is 4.98 Å². The number of aryl methyl sites for hydroxylation is 1. The number of rotatable bonds is 2. The Labute approximate surface area is 123 Å². The molecule has 0 unspecified atom stereocenters. The highest BCUT2D eigenvalue weighted by Crippen LogP contribution is 2.32. The van der Waals surface area contributed by atoms with E-state index >= 15 is 0 Å². The van der Waals surface area contributed by atoms with E-state index in [0.29, 0.717) is 0 Å². The molecule has 0 aliphatic carbocycles. The van der Waals surface area contributed by atoms with E-state index in [2.05, 4.69) is 41.4 Å². The van der Waals surface area contributed by atoms with Crippen molar-refractivity contribution in [1.29, 1.82) is 0 Å². The van der Waals surface area contributed by atoms with Crippen molar-refractivity contribution in [2.45, 2.75) is 13.3 Å². The summed E-state index contributed by atoms with van der Waals surface area (Å²) in [6, 6.07) is 18.7. The van der Waals surface area contributed by atoms with Gasteiger partial charge in [0.2, 0.25) is 0 Å². The lowest BCUT2D eigenvalue weighted by Crippen LogP contribution is -1.89. The second kappa shape index (κ2) is 4.74. The largest absolute Gasteiger partial charge is 0.459 e. The summed E-state index contributed by atoms with van der Waals surface area (Å²) in [4.78, 5) is 4.48. The van der Waals surface area contributed by atoms with Crippen molar-refractivity contribution in [2.24, 2.45) is 0 Å². The molecule has 4 rings (SSSR count). The topological polar surface area (TPSA) is 26.0 Å². The maximum absolute atomic E-state index is 5.92. The first kappa shape index (κ1) is 12.2. The first-order valence-corrected chi connectivity index (χ1v) is 7.12. The normalized spacial score (nSPS) is 11.3. The van der Waals surface area contributed by atoms with E-state index in [-0.39, 0.29) is 0 Å². The van der Waals surface area contributed by atoms with E-state index in [9.17, 15) is 0 Å². The average Bonchev–Trinajstić information content (AvgIpc) is 2.85. The van der Waals surface area contributed by atoms with Crippen molar-refractivity contribution < 1.29 is 4.42 Å². The Balaban J connectivity index is 1.99. The molecule has 2 aromatic heterocycles. The van der Waals surface area contributed by atoms with Crippen molar-refractivity contribution >= 4 is 21.9 Å². The van der Waals surface area contributed by atoms with E-state index in [4.69, 9.17) is 4.42 Å². The molecule has 2 nitrogen and oxygen atoms in total. The van der Waals surface area contributed by atoms with Crippen LogP contribution in [0, 0.1) is 6.92 Å². The van der Waals surface area contributed by atoms with Crippen LogP contribution in [0.15, 0.2) is 65.2 Å². The molecule has 102 valence electrons. The van der Waals surface area contributed by atoms with Gasteiger partial charge in [0.05, 0.1) is 11.7 Å². The Morgan fingerprint density at radius 3 is 2.57 bits per heavy atom. The van der Waals surface area contributed by atoms with Gasteiger partial charge in [0, 0.05) is 22.8 Å². The second-order valence-electron chi connectivity index (χ2n) is 5.31. The molecule has 2 heteroatoms. The number of para-hydroxylation sites is 1. The van der Waals surface area contributed by atoms with Gasteiger partial charge < -0.3 is 4.42 Å². The van der Waals surface area contributed by atoms with Crippen LogP contribution in [0.5, 0.6) is 0 Å². The molecule has 0 radical (unpaired) electrons. The van der Waals surface area contributed by atoms with Crippen molar-refractivity contribution in [2.75, 3.05) is 0 Å². The number of hydrogen-bond acceptors (Lipinski definition) is 2. The summed E-state index contributed by atoms with van der Waals surface area (Å²) in [6.07, 6.45) is 2.72. The lowest BCUT2D eigenvalue weighted by molar-refractivity contribution is 0.572. The molecule has 4 aromatic rings. The van der Waals surface area contributed by atoms with Crippen LogP contribution in [-0.2, 0) is 6.42 Å². The van der Waals surface area contributed by atoms with Crippen LogP contribution < -0.4 is 0 Å². The molecule has 0 saturated heterocycles. The maximum Gasteiger partial charge on any atom is 0.153 e. The third-order valence-electron chi connectivity index (χ3n) is 3.95. The smallest absolute Gasteiger partial charge is 0.153 e. The van der Waals surface area contributed by atoms with Gasteiger partial charge in [-0.25, -0.2) is 0 Å². The molecular weight excluding hydrogens is 258 g/mol. The van der Waals surface area contributed by atoms with Crippen LogP contribution in [0.1, 0.15) is 16.9 Å². The SMILES string of the molecule is Cc1oc2cnc3ccccc3c2c1Cc1ccccc1. The summed E-state index contributed by atoms with van der Waals surface area (Å²) in [7, 11) is 0. The number of fused-ring (bicyclic) bond motifs is 3.